The number of guanidine groups is 1. The van der Waals surface area contributed by atoms with Gasteiger partial charge < -0.3 is 20.0 Å². The molecule has 1 aliphatic rings. The zero-order valence-electron chi connectivity index (χ0n) is 15.9. The van der Waals surface area contributed by atoms with Crippen LogP contribution in [0, 0.1) is 0 Å². The summed E-state index contributed by atoms with van der Waals surface area (Å²) in [5, 5.41) is 6.56. The van der Waals surface area contributed by atoms with E-state index in [-0.39, 0.29) is 5.91 Å². The van der Waals surface area contributed by atoms with Crippen LogP contribution >= 0.6 is 0 Å². The van der Waals surface area contributed by atoms with Gasteiger partial charge in [0.15, 0.2) is 5.96 Å². The number of piperidine rings is 1. The molecule has 3 rings (SSSR count). The molecule has 0 saturated carbocycles. The monoisotopic (exact) mass is 368 g/mol. The third-order valence-corrected chi connectivity index (χ3v) is 4.77. The van der Waals surface area contributed by atoms with Crippen molar-refractivity contribution < 1.29 is 9.21 Å². The van der Waals surface area contributed by atoms with Crippen molar-refractivity contribution in [1.29, 1.82) is 0 Å². The Morgan fingerprint density at radius 1 is 1.11 bits per heavy atom. The Balaban J connectivity index is 1.45. The number of hydrogen-bond donors (Lipinski definition) is 2. The molecule has 1 aromatic carbocycles. The molecule has 1 aromatic heterocycles. The number of likely N-dealkylation sites (tertiary alicyclic amines) is 1. The molecule has 2 N–H and O–H groups in total. The summed E-state index contributed by atoms with van der Waals surface area (Å²) >= 11 is 0. The topological polar surface area (TPSA) is 69.9 Å². The van der Waals surface area contributed by atoms with Gasteiger partial charge in [-0.2, -0.15) is 0 Å². The molecule has 0 atom stereocenters. The quantitative estimate of drug-likeness (QED) is 0.608. The number of hydrogen-bond acceptors (Lipinski definition) is 3. The lowest BCUT2D eigenvalue weighted by atomic mass is 10.1. The maximum Gasteiger partial charge on any atom is 0.253 e. The molecule has 2 aromatic rings. The van der Waals surface area contributed by atoms with Crippen LogP contribution in [0.1, 0.15) is 40.9 Å². The lowest BCUT2D eigenvalue weighted by Crippen LogP contribution is -2.37. The summed E-state index contributed by atoms with van der Waals surface area (Å²) in [6, 6.07) is 11.7. The average molecular weight is 368 g/mol. The van der Waals surface area contributed by atoms with Crippen molar-refractivity contribution in [2.24, 2.45) is 4.99 Å². The molecule has 0 radical (unpaired) electrons. The van der Waals surface area contributed by atoms with Crippen LogP contribution in [0.2, 0.25) is 0 Å². The molecular weight excluding hydrogens is 340 g/mol. The first-order valence-electron chi connectivity index (χ1n) is 9.61. The van der Waals surface area contributed by atoms with Gasteiger partial charge in [0, 0.05) is 45.2 Å². The minimum absolute atomic E-state index is 0.143. The lowest BCUT2D eigenvalue weighted by Gasteiger charge is -2.26. The number of furan rings is 1. The summed E-state index contributed by atoms with van der Waals surface area (Å²) in [5.74, 6) is 1.84. The largest absolute Gasteiger partial charge is 0.469 e. The Morgan fingerprint density at radius 2 is 1.89 bits per heavy atom. The van der Waals surface area contributed by atoms with E-state index in [1.165, 1.54) is 6.42 Å². The van der Waals surface area contributed by atoms with Gasteiger partial charge in [-0.25, -0.2) is 0 Å². The molecule has 2 heterocycles. The minimum atomic E-state index is 0.143. The van der Waals surface area contributed by atoms with Crippen molar-refractivity contribution in [3.05, 3.63) is 59.5 Å². The average Bonchev–Trinajstić information content (AvgIpc) is 3.24. The van der Waals surface area contributed by atoms with Crippen molar-refractivity contribution >= 4 is 11.9 Å². The predicted octanol–water partition coefficient (Wildman–Crippen LogP) is 2.81. The number of carbonyl (C=O) groups excluding carboxylic acids is 1. The Labute approximate surface area is 160 Å². The van der Waals surface area contributed by atoms with Gasteiger partial charge in [0.05, 0.1) is 6.26 Å². The van der Waals surface area contributed by atoms with Crippen molar-refractivity contribution in [2.75, 3.05) is 26.7 Å². The van der Waals surface area contributed by atoms with Crippen LogP contribution in [0.5, 0.6) is 0 Å². The fraction of sp³-hybridized carbons (Fsp3) is 0.429. The number of amides is 1. The number of rotatable bonds is 6. The predicted molar refractivity (Wildman–Crippen MR) is 107 cm³/mol. The molecule has 6 nitrogen and oxygen atoms in total. The molecule has 1 saturated heterocycles. The van der Waals surface area contributed by atoms with Crippen LogP contribution in [0.4, 0.5) is 0 Å². The van der Waals surface area contributed by atoms with E-state index in [0.29, 0.717) is 6.54 Å². The minimum Gasteiger partial charge on any atom is -0.469 e. The molecule has 144 valence electrons. The van der Waals surface area contributed by atoms with E-state index in [0.717, 1.165) is 61.7 Å². The number of carbonyl (C=O) groups is 1. The van der Waals surface area contributed by atoms with Crippen LogP contribution in [0.3, 0.4) is 0 Å². The van der Waals surface area contributed by atoms with E-state index in [1.54, 1.807) is 13.3 Å². The molecule has 1 aliphatic heterocycles. The zero-order valence-corrected chi connectivity index (χ0v) is 15.9. The van der Waals surface area contributed by atoms with Crippen molar-refractivity contribution in [3.8, 4) is 0 Å². The van der Waals surface area contributed by atoms with Crippen LogP contribution in [-0.2, 0) is 13.0 Å². The molecular formula is C21H28N4O2. The molecule has 0 bridgehead atoms. The Kier molecular flexibility index (Phi) is 6.90. The van der Waals surface area contributed by atoms with Crippen molar-refractivity contribution in [2.45, 2.75) is 32.2 Å². The summed E-state index contributed by atoms with van der Waals surface area (Å²) in [6.07, 6.45) is 5.94. The van der Waals surface area contributed by atoms with Gasteiger partial charge in [-0.3, -0.25) is 9.79 Å². The van der Waals surface area contributed by atoms with Gasteiger partial charge in [-0.1, -0.05) is 12.1 Å². The first-order chi connectivity index (χ1) is 13.3. The van der Waals surface area contributed by atoms with Crippen molar-refractivity contribution in [3.63, 3.8) is 0 Å². The van der Waals surface area contributed by atoms with E-state index in [9.17, 15) is 4.79 Å². The van der Waals surface area contributed by atoms with E-state index in [2.05, 4.69) is 15.6 Å². The SMILES string of the molecule is CN=C(NCCc1ccco1)NCc1ccc(C(=O)N2CCCCC2)cc1. The summed E-state index contributed by atoms with van der Waals surface area (Å²) < 4.78 is 5.32. The van der Waals surface area contributed by atoms with Crippen LogP contribution in [-0.4, -0.2) is 43.4 Å². The zero-order chi connectivity index (χ0) is 18.9. The van der Waals surface area contributed by atoms with E-state index in [1.807, 2.05) is 41.3 Å². The van der Waals surface area contributed by atoms with Gasteiger partial charge in [-0.15, -0.1) is 0 Å². The van der Waals surface area contributed by atoms with Gasteiger partial charge in [0.25, 0.3) is 5.91 Å². The Morgan fingerprint density at radius 3 is 2.56 bits per heavy atom. The highest BCUT2D eigenvalue weighted by Crippen LogP contribution is 2.14. The third-order valence-electron chi connectivity index (χ3n) is 4.77. The highest BCUT2D eigenvalue weighted by molar-refractivity contribution is 5.94. The van der Waals surface area contributed by atoms with Crippen LogP contribution in [0.25, 0.3) is 0 Å². The maximum atomic E-state index is 12.5. The molecule has 27 heavy (non-hydrogen) atoms. The van der Waals surface area contributed by atoms with Gasteiger partial charge >= 0.3 is 0 Å². The third kappa shape index (κ3) is 5.61. The van der Waals surface area contributed by atoms with E-state index < -0.39 is 0 Å². The van der Waals surface area contributed by atoms with Crippen LogP contribution < -0.4 is 10.6 Å². The molecule has 1 amide bonds. The standard InChI is InChI=1S/C21H28N4O2/c1-22-21(23-12-11-19-6-5-15-27-19)24-16-17-7-9-18(10-8-17)20(26)25-13-3-2-4-14-25/h5-10,15H,2-4,11-14,16H2,1H3,(H2,22,23,24). The molecule has 6 heteroatoms. The Bertz CT molecular complexity index is 732. The first kappa shape index (κ1) is 19.0. The molecule has 0 unspecified atom stereocenters. The summed E-state index contributed by atoms with van der Waals surface area (Å²) in [7, 11) is 1.75. The summed E-state index contributed by atoms with van der Waals surface area (Å²) in [5.41, 5.74) is 1.88. The fourth-order valence-corrected chi connectivity index (χ4v) is 3.21. The second-order valence-electron chi connectivity index (χ2n) is 6.73. The van der Waals surface area contributed by atoms with Gasteiger partial charge in [0.1, 0.15) is 5.76 Å². The number of benzene rings is 1. The van der Waals surface area contributed by atoms with E-state index in [4.69, 9.17) is 4.42 Å². The van der Waals surface area contributed by atoms with Gasteiger partial charge in [0.2, 0.25) is 0 Å². The highest BCUT2D eigenvalue weighted by Gasteiger charge is 2.17. The second-order valence-corrected chi connectivity index (χ2v) is 6.73. The number of nitrogens with one attached hydrogen (secondary N) is 2. The van der Waals surface area contributed by atoms with E-state index >= 15 is 0 Å². The van der Waals surface area contributed by atoms with Crippen molar-refractivity contribution in [1.82, 2.24) is 15.5 Å². The number of aliphatic imine (C=N–C) groups is 1. The maximum absolute atomic E-state index is 12.5. The molecule has 0 aliphatic carbocycles. The summed E-state index contributed by atoms with van der Waals surface area (Å²) in [4.78, 5) is 18.7. The fourth-order valence-electron chi connectivity index (χ4n) is 3.21. The molecule has 0 spiro atoms. The smallest absolute Gasteiger partial charge is 0.253 e. The second kappa shape index (κ2) is 9.80. The van der Waals surface area contributed by atoms with Crippen LogP contribution in [0.15, 0.2) is 52.1 Å². The molecule has 1 fully saturated rings. The lowest BCUT2D eigenvalue weighted by molar-refractivity contribution is 0.0724. The number of nitrogens with zero attached hydrogens (tertiary/aromatic N) is 2. The summed E-state index contributed by atoms with van der Waals surface area (Å²) in [6.45, 7) is 3.15. The van der Waals surface area contributed by atoms with Gasteiger partial charge in [-0.05, 0) is 49.1 Å². The normalized spacial score (nSPS) is 14.9. The Hall–Kier alpha value is -2.76. The highest BCUT2D eigenvalue weighted by atomic mass is 16.3. The first-order valence-corrected chi connectivity index (χ1v) is 9.61.